The number of rotatable bonds is 10. The molecule has 2 aliphatic carbocycles. The summed E-state index contributed by atoms with van der Waals surface area (Å²) in [4.78, 5) is 29.8. The molecule has 1 aromatic heterocycles. The molecule has 3 atom stereocenters. The van der Waals surface area contributed by atoms with Crippen LogP contribution < -0.4 is 9.47 Å². The van der Waals surface area contributed by atoms with Crippen LogP contribution in [-0.4, -0.2) is 46.6 Å². The summed E-state index contributed by atoms with van der Waals surface area (Å²) in [6, 6.07) is 12.8. The molecule has 8 heteroatoms. The van der Waals surface area contributed by atoms with Crippen molar-refractivity contribution in [3.8, 4) is 22.8 Å². The van der Waals surface area contributed by atoms with Crippen LogP contribution >= 0.6 is 0 Å². The van der Waals surface area contributed by atoms with Gasteiger partial charge in [-0.25, -0.2) is 9.37 Å². The molecule has 1 saturated carbocycles. The van der Waals surface area contributed by atoms with Gasteiger partial charge in [-0.3, -0.25) is 9.59 Å². The van der Waals surface area contributed by atoms with Gasteiger partial charge in [0.2, 0.25) is 11.8 Å². The Labute approximate surface area is 239 Å². The highest BCUT2D eigenvalue weighted by Gasteiger charge is 2.69. The normalized spacial score (nSPS) is 22.4. The van der Waals surface area contributed by atoms with Gasteiger partial charge in [0.15, 0.2) is 0 Å². The van der Waals surface area contributed by atoms with Crippen molar-refractivity contribution in [3.05, 3.63) is 76.2 Å². The van der Waals surface area contributed by atoms with Crippen molar-refractivity contribution in [2.24, 2.45) is 11.8 Å². The van der Waals surface area contributed by atoms with Gasteiger partial charge in [0, 0.05) is 47.8 Å². The van der Waals surface area contributed by atoms with Gasteiger partial charge >= 0.3 is 5.97 Å². The van der Waals surface area contributed by atoms with Crippen LogP contribution in [0, 0.1) is 31.5 Å². The summed E-state index contributed by atoms with van der Waals surface area (Å²) in [5.74, 6) is 0.188. The van der Waals surface area contributed by atoms with E-state index in [0.29, 0.717) is 36.8 Å². The maximum absolute atomic E-state index is 14.8. The quantitative estimate of drug-likeness (QED) is 0.325. The minimum absolute atomic E-state index is 0.0743. The Kier molecular flexibility index (Phi) is 6.96. The zero-order valence-corrected chi connectivity index (χ0v) is 23.7. The lowest BCUT2D eigenvalue weighted by atomic mass is 9.92. The number of carboxylic acids is 1. The molecule has 1 aliphatic heterocycles. The van der Waals surface area contributed by atoms with Crippen molar-refractivity contribution in [1.29, 1.82) is 0 Å². The number of aromatic nitrogens is 1. The summed E-state index contributed by atoms with van der Waals surface area (Å²) in [6.07, 6.45) is 3.06. The van der Waals surface area contributed by atoms with Crippen LogP contribution in [-0.2, 0) is 28.0 Å². The van der Waals surface area contributed by atoms with E-state index in [2.05, 4.69) is 4.98 Å². The van der Waals surface area contributed by atoms with E-state index in [0.717, 1.165) is 59.3 Å². The molecule has 7 nitrogen and oxygen atoms in total. The minimum Gasteiger partial charge on any atom is -0.489 e. The average molecular weight is 559 g/mol. The fraction of sp³-hybridized carbons (Fsp3) is 0.424. The highest BCUT2D eigenvalue weighted by Crippen LogP contribution is 2.66. The third-order valence-corrected chi connectivity index (χ3v) is 9.19. The van der Waals surface area contributed by atoms with Crippen LogP contribution in [0.2, 0.25) is 0 Å². The van der Waals surface area contributed by atoms with Crippen LogP contribution in [0.1, 0.15) is 54.1 Å². The monoisotopic (exact) mass is 558 g/mol. The molecule has 2 heterocycles. The zero-order valence-electron chi connectivity index (χ0n) is 23.7. The smallest absolute Gasteiger partial charge is 0.307 e. The summed E-state index contributed by atoms with van der Waals surface area (Å²) in [6.45, 7) is 7.97. The van der Waals surface area contributed by atoms with Crippen LogP contribution in [0.15, 0.2) is 42.5 Å². The molecule has 0 radical (unpaired) electrons. The van der Waals surface area contributed by atoms with Crippen molar-refractivity contribution >= 4 is 11.9 Å². The van der Waals surface area contributed by atoms with Gasteiger partial charge in [0.05, 0.1) is 12.5 Å². The molecule has 1 saturated heterocycles. The van der Waals surface area contributed by atoms with Gasteiger partial charge < -0.3 is 19.5 Å². The topological polar surface area (TPSA) is 89.0 Å². The molecule has 214 valence electrons. The number of carbonyl (C=O) groups excluding carboxylic acids is 1. The Balaban J connectivity index is 1.10. The Morgan fingerprint density at radius 3 is 2.73 bits per heavy atom. The first kappa shape index (κ1) is 27.2. The molecular formula is C33H35FN2O5. The molecule has 1 amide bonds. The first-order chi connectivity index (χ1) is 19.7. The minimum atomic E-state index is -0.726. The van der Waals surface area contributed by atoms with E-state index in [9.17, 15) is 19.1 Å². The van der Waals surface area contributed by atoms with Gasteiger partial charge in [-0.05, 0) is 85.5 Å². The van der Waals surface area contributed by atoms with Crippen molar-refractivity contribution in [3.63, 3.8) is 0 Å². The second kappa shape index (κ2) is 10.5. The summed E-state index contributed by atoms with van der Waals surface area (Å²) in [5, 5.41) is 9.55. The summed E-state index contributed by atoms with van der Waals surface area (Å²) in [7, 11) is 0. The Morgan fingerprint density at radius 2 is 2.00 bits per heavy atom. The van der Waals surface area contributed by atoms with Gasteiger partial charge in [-0.2, -0.15) is 0 Å². The van der Waals surface area contributed by atoms with Crippen LogP contribution in [0.4, 0.5) is 4.39 Å². The van der Waals surface area contributed by atoms with Crippen molar-refractivity contribution < 1.29 is 28.6 Å². The molecule has 3 aromatic rings. The molecule has 1 N–H and O–H groups in total. The Bertz CT molecular complexity index is 1540. The summed E-state index contributed by atoms with van der Waals surface area (Å²) in [5.41, 5.74) is 5.79. The van der Waals surface area contributed by atoms with E-state index in [1.807, 2.05) is 49.9 Å². The van der Waals surface area contributed by atoms with E-state index in [1.165, 1.54) is 6.07 Å². The fourth-order valence-corrected chi connectivity index (χ4v) is 6.83. The van der Waals surface area contributed by atoms with Crippen molar-refractivity contribution in [2.75, 3.05) is 19.7 Å². The Hall–Kier alpha value is -3.94. The largest absolute Gasteiger partial charge is 0.489 e. The zero-order chi connectivity index (χ0) is 28.9. The van der Waals surface area contributed by atoms with Gasteiger partial charge in [-0.1, -0.05) is 19.1 Å². The lowest BCUT2D eigenvalue weighted by molar-refractivity contribution is -0.139. The van der Waals surface area contributed by atoms with Crippen LogP contribution in [0.3, 0.4) is 0 Å². The molecular weight excluding hydrogens is 523 g/mol. The lowest BCUT2D eigenvalue weighted by Gasteiger charge is -2.17. The number of halogens is 1. The van der Waals surface area contributed by atoms with Gasteiger partial charge in [-0.15, -0.1) is 0 Å². The second-order valence-electron chi connectivity index (χ2n) is 11.7. The first-order valence-electron chi connectivity index (χ1n) is 14.3. The number of carbonyl (C=O) groups is 2. The second-order valence-corrected chi connectivity index (χ2v) is 11.7. The number of benzene rings is 2. The standard InChI is InChI=1S/C33H35FN2O5/c1-19-14-25-22(16-26-31(32(38)39)33(25,26)3)17-28(19)41-18-23-15-21(7-9-27(23)34)24-8-10-29(35-20(24)2)40-13-5-12-36-11-4-6-30(36)37/h7-10,14-15,17,26,31H,4-6,11-13,16,18H2,1-3H3,(H,38,39). The molecule has 0 spiro atoms. The number of nitrogens with zero attached hydrogens (tertiary/aromatic N) is 2. The predicted molar refractivity (Wildman–Crippen MR) is 151 cm³/mol. The van der Waals surface area contributed by atoms with Gasteiger partial charge in [0.1, 0.15) is 18.2 Å². The number of aryl methyl sites for hydroxylation is 2. The number of hydrogen-bond donors (Lipinski definition) is 1. The van der Waals surface area contributed by atoms with Crippen molar-refractivity contribution in [2.45, 2.75) is 58.5 Å². The molecule has 3 aliphatic rings. The summed E-state index contributed by atoms with van der Waals surface area (Å²) < 4.78 is 26.7. The van der Waals surface area contributed by atoms with Gasteiger partial charge in [0.25, 0.3) is 0 Å². The number of hydrogen-bond acceptors (Lipinski definition) is 5. The highest BCUT2D eigenvalue weighted by molar-refractivity contribution is 5.80. The van der Waals surface area contributed by atoms with E-state index in [1.54, 1.807) is 12.1 Å². The molecule has 2 aromatic carbocycles. The third kappa shape index (κ3) is 4.94. The number of ether oxygens (including phenoxy) is 2. The van der Waals surface area contributed by atoms with E-state index in [4.69, 9.17) is 9.47 Å². The molecule has 2 fully saturated rings. The Morgan fingerprint density at radius 1 is 1.17 bits per heavy atom. The highest BCUT2D eigenvalue weighted by atomic mass is 19.1. The summed E-state index contributed by atoms with van der Waals surface area (Å²) >= 11 is 0. The maximum Gasteiger partial charge on any atom is 0.307 e. The third-order valence-electron chi connectivity index (χ3n) is 9.19. The molecule has 41 heavy (non-hydrogen) atoms. The fourth-order valence-electron chi connectivity index (χ4n) is 6.83. The van der Waals surface area contributed by atoms with E-state index in [-0.39, 0.29) is 35.6 Å². The molecule has 3 unspecified atom stereocenters. The SMILES string of the molecule is Cc1cc2c(cc1OCc1cc(-c3ccc(OCCCN4CCCC4=O)nc3C)ccc1F)CC1C(C(=O)O)C21C. The van der Waals surface area contributed by atoms with Crippen molar-refractivity contribution in [1.82, 2.24) is 9.88 Å². The van der Waals surface area contributed by atoms with E-state index < -0.39 is 5.97 Å². The number of fused-ring (bicyclic) bond motifs is 3. The average Bonchev–Trinajstić information content (AvgIpc) is 3.16. The number of likely N-dealkylation sites (tertiary alicyclic amines) is 1. The number of pyridine rings is 1. The molecule has 6 rings (SSSR count). The van der Waals surface area contributed by atoms with Crippen LogP contribution in [0.25, 0.3) is 11.1 Å². The number of carboxylic acid groups (broad SMARTS) is 1. The predicted octanol–water partition coefficient (Wildman–Crippen LogP) is 5.62. The number of aliphatic carboxylic acids is 1. The van der Waals surface area contributed by atoms with Crippen LogP contribution in [0.5, 0.6) is 11.6 Å². The molecule has 0 bridgehead atoms. The maximum atomic E-state index is 14.8. The lowest BCUT2D eigenvalue weighted by Crippen LogP contribution is -2.26. The van der Waals surface area contributed by atoms with E-state index >= 15 is 0 Å². The number of amides is 1. The first-order valence-corrected chi connectivity index (χ1v) is 14.3.